The van der Waals surface area contributed by atoms with Crippen molar-refractivity contribution in [2.45, 2.75) is 39.2 Å². The van der Waals surface area contributed by atoms with Gasteiger partial charge in [0.25, 0.3) is 0 Å². The Morgan fingerprint density at radius 1 is 1.12 bits per heavy atom. The Balaban J connectivity index is 1.99. The number of benzene rings is 1. The third kappa shape index (κ3) is 1.62. The highest BCUT2D eigenvalue weighted by molar-refractivity contribution is 5.83. The molecule has 0 radical (unpaired) electrons. The molecule has 1 fully saturated rings. The van der Waals surface area contributed by atoms with E-state index in [4.69, 9.17) is 4.74 Å². The van der Waals surface area contributed by atoms with Crippen LogP contribution < -0.4 is 0 Å². The number of hydrogen-bond acceptors (Lipinski definition) is 2. The lowest BCUT2D eigenvalue weighted by atomic mass is 9.68. The average molecular weight is 218 g/mol. The Morgan fingerprint density at radius 3 is 2.25 bits per heavy atom. The van der Waals surface area contributed by atoms with Crippen LogP contribution in [0.1, 0.15) is 32.8 Å². The minimum Gasteiger partial charge on any atom is -0.458 e. The lowest BCUT2D eigenvalue weighted by Crippen LogP contribution is -2.62. The van der Waals surface area contributed by atoms with Crippen molar-refractivity contribution >= 4 is 5.97 Å². The van der Waals surface area contributed by atoms with Gasteiger partial charge in [-0.2, -0.15) is 0 Å². The van der Waals surface area contributed by atoms with Crippen LogP contribution in [0.15, 0.2) is 30.3 Å². The fourth-order valence-corrected chi connectivity index (χ4v) is 2.02. The Kier molecular flexibility index (Phi) is 2.53. The van der Waals surface area contributed by atoms with E-state index in [-0.39, 0.29) is 17.0 Å². The number of cyclic esters (lactones) is 1. The molecule has 0 saturated carbocycles. The third-order valence-corrected chi connectivity index (χ3v) is 3.88. The summed E-state index contributed by atoms with van der Waals surface area (Å²) in [6.07, 6.45) is 1.84. The fraction of sp³-hybridized carbons (Fsp3) is 0.500. The number of carbonyl (C=O) groups is 1. The number of carbonyl (C=O) groups excluding carboxylic acids is 1. The van der Waals surface area contributed by atoms with Gasteiger partial charge in [-0.05, 0) is 39.2 Å². The van der Waals surface area contributed by atoms with Crippen LogP contribution >= 0.6 is 0 Å². The van der Waals surface area contributed by atoms with Crippen molar-refractivity contribution in [3.63, 3.8) is 0 Å². The second-order valence-electron chi connectivity index (χ2n) is 5.23. The second kappa shape index (κ2) is 3.62. The monoisotopic (exact) mass is 218 g/mol. The molecule has 0 amide bonds. The standard InChI is InChI=1S/C14H18O2/c1-13(2)12(15)16-14(13,3)10-9-11-7-5-4-6-8-11/h4-8H,9-10H2,1-3H3. The number of hydrogen-bond donors (Lipinski definition) is 0. The van der Waals surface area contributed by atoms with E-state index in [9.17, 15) is 4.79 Å². The Morgan fingerprint density at radius 2 is 1.75 bits per heavy atom. The van der Waals surface area contributed by atoms with Crippen molar-refractivity contribution in [1.29, 1.82) is 0 Å². The molecule has 1 aliphatic heterocycles. The van der Waals surface area contributed by atoms with Gasteiger partial charge in [0.1, 0.15) is 11.0 Å². The first-order chi connectivity index (χ1) is 7.46. The predicted molar refractivity (Wildman–Crippen MR) is 63.0 cm³/mol. The Bertz CT molecular complexity index is 394. The molecule has 0 N–H and O–H groups in total. The first-order valence-corrected chi connectivity index (χ1v) is 5.73. The second-order valence-corrected chi connectivity index (χ2v) is 5.23. The quantitative estimate of drug-likeness (QED) is 0.729. The highest BCUT2D eigenvalue weighted by Crippen LogP contribution is 2.47. The van der Waals surface area contributed by atoms with Crippen LogP contribution in [0.5, 0.6) is 0 Å². The number of aryl methyl sites for hydroxylation is 1. The molecule has 16 heavy (non-hydrogen) atoms. The van der Waals surface area contributed by atoms with Crippen LogP contribution in [0.4, 0.5) is 0 Å². The van der Waals surface area contributed by atoms with E-state index in [1.165, 1.54) is 5.56 Å². The van der Waals surface area contributed by atoms with Gasteiger partial charge in [0.05, 0.1) is 0 Å². The highest BCUT2D eigenvalue weighted by Gasteiger charge is 2.59. The van der Waals surface area contributed by atoms with Gasteiger partial charge < -0.3 is 4.74 Å². The molecule has 86 valence electrons. The van der Waals surface area contributed by atoms with Crippen molar-refractivity contribution < 1.29 is 9.53 Å². The molecule has 1 aromatic rings. The highest BCUT2D eigenvalue weighted by atomic mass is 16.6. The maximum atomic E-state index is 11.4. The third-order valence-electron chi connectivity index (χ3n) is 3.88. The van der Waals surface area contributed by atoms with Crippen LogP contribution in [0.3, 0.4) is 0 Å². The molecule has 1 aromatic carbocycles. The lowest BCUT2D eigenvalue weighted by molar-refractivity contribution is -0.232. The molecule has 0 aliphatic carbocycles. The van der Waals surface area contributed by atoms with Gasteiger partial charge in [0.2, 0.25) is 0 Å². The van der Waals surface area contributed by atoms with Gasteiger partial charge in [0, 0.05) is 0 Å². The van der Waals surface area contributed by atoms with E-state index >= 15 is 0 Å². The van der Waals surface area contributed by atoms with Gasteiger partial charge in [-0.1, -0.05) is 30.3 Å². The van der Waals surface area contributed by atoms with Crippen LogP contribution in [-0.2, 0) is 16.0 Å². The smallest absolute Gasteiger partial charge is 0.316 e. The molecule has 2 rings (SSSR count). The summed E-state index contributed by atoms with van der Waals surface area (Å²) < 4.78 is 5.32. The summed E-state index contributed by atoms with van der Waals surface area (Å²) >= 11 is 0. The normalized spacial score (nSPS) is 27.1. The van der Waals surface area contributed by atoms with Crippen molar-refractivity contribution in [2.75, 3.05) is 0 Å². The maximum Gasteiger partial charge on any atom is 0.316 e. The van der Waals surface area contributed by atoms with Crippen molar-refractivity contribution in [3.8, 4) is 0 Å². The number of rotatable bonds is 3. The van der Waals surface area contributed by atoms with Crippen LogP contribution in [0.25, 0.3) is 0 Å². The van der Waals surface area contributed by atoms with Crippen molar-refractivity contribution in [2.24, 2.45) is 5.41 Å². The predicted octanol–water partition coefficient (Wildman–Crippen LogP) is 2.96. The van der Waals surface area contributed by atoms with Crippen LogP contribution in [0.2, 0.25) is 0 Å². The van der Waals surface area contributed by atoms with Crippen LogP contribution in [-0.4, -0.2) is 11.6 Å². The summed E-state index contributed by atoms with van der Waals surface area (Å²) in [7, 11) is 0. The lowest BCUT2D eigenvalue weighted by Gasteiger charge is -2.51. The summed E-state index contributed by atoms with van der Waals surface area (Å²) in [5.41, 5.74) is 0.643. The van der Waals surface area contributed by atoms with E-state index in [0.717, 1.165) is 12.8 Å². The molecule has 0 aromatic heterocycles. The van der Waals surface area contributed by atoms with Crippen molar-refractivity contribution in [3.05, 3.63) is 35.9 Å². The summed E-state index contributed by atoms with van der Waals surface area (Å²) in [6.45, 7) is 5.95. The molecular weight excluding hydrogens is 200 g/mol. The maximum absolute atomic E-state index is 11.4. The molecule has 0 spiro atoms. The van der Waals surface area contributed by atoms with Gasteiger partial charge in [-0.3, -0.25) is 4.79 Å². The van der Waals surface area contributed by atoms with Gasteiger partial charge >= 0.3 is 5.97 Å². The molecule has 2 nitrogen and oxygen atoms in total. The zero-order valence-electron chi connectivity index (χ0n) is 10.1. The summed E-state index contributed by atoms with van der Waals surface area (Å²) in [5, 5.41) is 0. The van der Waals surface area contributed by atoms with E-state index in [1.807, 2.05) is 39.0 Å². The fourth-order valence-electron chi connectivity index (χ4n) is 2.02. The molecule has 0 bridgehead atoms. The molecule has 1 unspecified atom stereocenters. The first kappa shape index (κ1) is 11.2. The first-order valence-electron chi connectivity index (χ1n) is 5.73. The van der Waals surface area contributed by atoms with E-state index in [2.05, 4.69) is 12.1 Å². The summed E-state index contributed by atoms with van der Waals surface area (Å²) in [4.78, 5) is 11.4. The van der Waals surface area contributed by atoms with E-state index < -0.39 is 0 Å². The molecule has 1 aliphatic rings. The molecule has 1 saturated heterocycles. The zero-order valence-corrected chi connectivity index (χ0v) is 10.1. The van der Waals surface area contributed by atoms with Gasteiger partial charge in [-0.15, -0.1) is 0 Å². The minimum absolute atomic E-state index is 0.0805. The summed E-state index contributed by atoms with van der Waals surface area (Å²) in [6, 6.07) is 10.3. The average Bonchev–Trinajstić information content (AvgIpc) is 2.28. The van der Waals surface area contributed by atoms with Gasteiger partial charge in [-0.25, -0.2) is 0 Å². The molecule has 2 heteroatoms. The zero-order chi connectivity index (χ0) is 11.8. The SMILES string of the molecule is CC1(CCc2ccccc2)OC(=O)C1(C)C. The Hall–Kier alpha value is -1.31. The topological polar surface area (TPSA) is 26.3 Å². The number of esters is 1. The van der Waals surface area contributed by atoms with Gasteiger partial charge in [0.15, 0.2) is 0 Å². The van der Waals surface area contributed by atoms with Crippen LogP contribution in [0, 0.1) is 5.41 Å². The minimum atomic E-state index is -0.345. The number of ether oxygens (including phenoxy) is 1. The largest absolute Gasteiger partial charge is 0.458 e. The van der Waals surface area contributed by atoms with E-state index in [0.29, 0.717) is 0 Å². The Labute approximate surface area is 96.6 Å². The molecule has 1 atom stereocenters. The summed E-state index contributed by atoms with van der Waals surface area (Å²) in [5.74, 6) is -0.0805. The molecule has 1 heterocycles. The molecular formula is C14H18O2. The van der Waals surface area contributed by atoms with E-state index in [1.54, 1.807) is 0 Å². The van der Waals surface area contributed by atoms with Crippen molar-refractivity contribution in [1.82, 2.24) is 0 Å².